The molecule has 2 aliphatic rings. The number of fused-ring (bicyclic) bond motifs is 13. The van der Waals surface area contributed by atoms with E-state index in [4.69, 9.17) is 0 Å². The maximum atomic E-state index is 2.55. The Labute approximate surface area is 390 Å². The SMILES string of the molecule is c1ccc(-c2ccc3c(c2)c2cc(-c4ccc5c(c4)C4(c6ccccc6-c6ccccc64)c4c-5c(-c5ccccc5)n(-c5ccccc5)c4-c4ccccc4)ccc2n3-c2ccccc2)cc1. The fourth-order valence-corrected chi connectivity index (χ4v) is 11.8. The van der Waals surface area contributed by atoms with Crippen LogP contribution in [0.25, 0.3) is 100 Å². The lowest BCUT2D eigenvalue weighted by Gasteiger charge is -2.32. The minimum Gasteiger partial charge on any atom is -0.309 e. The Kier molecular flexibility index (Phi) is 8.23. The number of aromatic nitrogens is 2. The molecule has 0 fully saturated rings. The first kappa shape index (κ1) is 37.6. The summed E-state index contributed by atoms with van der Waals surface area (Å²) in [5.41, 5.74) is 24.1. The highest BCUT2D eigenvalue weighted by Crippen LogP contribution is 2.67. The summed E-state index contributed by atoms with van der Waals surface area (Å²) in [4.78, 5) is 0. The van der Waals surface area contributed by atoms with Crippen molar-refractivity contribution in [2.75, 3.05) is 0 Å². The molecule has 12 aromatic rings. The Morgan fingerprint density at radius 3 is 1.24 bits per heavy atom. The molecule has 0 bridgehead atoms. The fourth-order valence-electron chi connectivity index (χ4n) is 11.8. The summed E-state index contributed by atoms with van der Waals surface area (Å²) in [7, 11) is 0. The second kappa shape index (κ2) is 14.7. The summed E-state index contributed by atoms with van der Waals surface area (Å²) >= 11 is 0. The molecule has 0 saturated heterocycles. The summed E-state index contributed by atoms with van der Waals surface area (Å²) in [6.07, 6.45) is 0. The van der Waals surface area contributed by atoms with Gasteiger partial charge in [0, 0.05) is 33.3 Å². The van der Waals surface area contributed by atoms with Gasteiger partial charge in [0.25, 0.3) is 0 Å². The van der Waals surface area contributed by atoms with Gasteiger partial charge in [-0.15, -0.1) is 0 Å². The van der Waals surface area contributed by atoms with Gasteiger partial charge in [-0.05, 0) is 121 Å². The molecule has 0 N–H and O–H groups in total. The molecule has 1 spiro atoms. The lowest BCUT2D eigenvalue weighted by atomic mass is 9.69. The van der Waals surface area contributed by atoms with E-state index >= 15 is 0 Å². The first-order valence-electron chi connectivity index (χ1n) is 23.3. The normalized spacial score (nSPS) is 12.9. The largest absolute Gasteiger partial charge is 0.309 e. The van der Waals surface area contributed by atoms with Crippen molar-refractivity contribution < 1.29 is 0 Å². The zero-order valence-corrected chi connectivity index (χ0v) is 36.6. The molecule has 2 aliphatic carbocycles. The van der Waals surface area contributed by atoms with E-state index in [1.165, 1.54) is 111 Å². The van der Waals surface area contributed by atoms with E-state index in [1.807, 2.05) is 0 Å². The van der Waals surface area contributed by atoms with Crippen molar-refractivity contribution in [3.8, 4) is 78.4 Å². The Hall–Kier alpha value is -8.72. The molecule has 0 unspecified atom stereocenters. The highest BCUT2D eigenvalue weighted by molar-refractivity contribution is 6.12. The van der Waals surface area contributed by atoms with Gasteiger partial charge in [-0.25, -0.2) is 0 Å². The Morgan fingerprint density at radius 2 is 0.687 bits per heavy atom. The van der Waals surface area contributed by atoms with Crippen LogP contribution in [0.2, 0.25) is 0 Å². The number of nitrogens with zero attached hydrogens (tertiary/aromatic N) is 2. The van der Waals surface area contributed by atoms with Crippen LogP contribution in [-0.2, 0) is 5.41 Å². The van der Waals surface area contributed by atoms with E-state index in [-0.39, 0.29) is 0 Å². The van der Waals surface area contributed by atoms with Crippen LogP contribution in [0.4, 0.5) is 0 Å². The van der Waals surface area contributed by atoms with Gasteiger partial charge in [-0.1, -0.05) is 200 Å². The molecule has 0 amide bonds. The summed E-state index contributed by atoms with van der Waals surface area (Å²) in [5, 5.41) is 2.48. The number of para-hydroxylation sites is 2. The zero-order valence-electron chi connectivity index (χ0n) is 36.6. The molecule has 312 valence electrons. The van der Waals surface area contributed by atoms with Crippen molar-refractivity contribution in [1.29, 1.82) is 0 Å². The van der Waals surface area contributed by atoms with Crippen molar-refractivity contribution >= 4 is 21.8 Å². The molecular weight excluding hydrogens is 809 g/mol. The lowest BCUT2D eigenvalue weighted by molar-refractivity contribution is 0.792. The van der Waals surface area contributed by atoms with Gasteiger partial charge >= 0.3 is 0 Å². The van der Waals surface area contributed by atoms with Crippen molar-refractivity contribution in [3.63, 3.8) is 0 Å². The topological polar surface area (TPSA) is 9.86 Å². The number of hydrogen-bond acceptors (Lipinski definition) is 0. The second-order valence-electron chi connectivity index (χ2n) is 18.0. The first-order chi connectivity index (χ1) is 33.3. The first-order valence-corrected chi connectivity index (χ1v) is 23.3. The number of hydrogen-bond donors (Lipinski definition) is 0. The van der Waals surface area contributed by atoms with Gasteiger partial charge in [0.2, 0.25) is 0 Å². The van der Waals surface area contributed by atoms with E-state index in [0.29, 0.717) is 0 Å². The van der Waals surface area contributed by atoms with Crippen LogP contribution in [0.3, 0.4) is 0 Å². The lowest BCUT2D eigenvalue weighted by Crippen LogP contribution is -2.27. The highest BCUT2D eigenvalue weighted by atomic mass is 15.0. The van der Waals surface area contributed by atoms with Gasteiger partial charge in [0.15, 0.2) is 0 Å². The average molecular weight is 851 g/mol. The molecule has 2 heterocycles. The van der Waals surface area contributed by atoms with Crippen LogP contribution >= 0.6 is 0 Å². The predicted molar refractivity (Wildman–Crippen MR) is 278 cm³/mol. The third-order valence-corrected chi connectivity index (χ3v) is 14.5. The van der Waals surface area contributed by atoms with Crippen LogP contribution in [-0.4, -0.2) is 9.13 Å². The maximum Gasteiger partial charge on any atom is 0.0747 e. The van der Waals surface area contributed by atoms with Gasteiger partial charge in [-0.3, -0.25) is 0 Å². The third kappa shape index (κ3) is 5.39. The minimum atomic E-state index is -0.610. The summed E-state index contributed by atoms with van der Waals surface area (Å²) in [6.45, 7) is 0. The van der Waals surface area contributed by atoms with Crippen molar-refractivity contribution in [2.45, 2.75) is 5.41 Å². The molecule has 0 radical (unpaired) electrons. The summed E-state index contributed by atoms with van der Waals surface area (Å²) in [6, 6.07) is 94.3. The predicted octanol–water partition coefficient (Wildman–Crippen LogP) is 16.6. The van der Waals surface area contributed by atoms with E-state index in [2.05, 4.69) is 264 Å². The second-order valence-corrected chi connectivity index (χ2v) is 18.0. The smallest absolute Gasteiger partial charge is 0.0747 e. The van der Waals surface area contributed by atoms with Crippen LogP contribution in [0, 0.1) is 0 Å². The molecule has 0 aliphatic heterocycles. The van der Waals surface area contributed by atoms with Gasteiger partial charge in [0.1, 0.15) is 0 Å². The Balaban J connectivity index is 1.09. The summed E-state index contributed by atoms with van der Waals surface area (Å²) < 4.78 is 4.97. The van der Waals surface area contributed by atoms with Gasteiger partial charge in [-0.2, -0.15) is 0 Å². The molecule has 10 aromatic carbocycles. The molecule has 0 saturated carbocycles. The standard InChI is InChI=1S/C65H42N2/c1-6-20-43(21-7-1)46-35-38-59-54(40-46)55-41-47(36-39-60(55)66(59)49-26-12-4-13-27-49)48-34-37-53-58(42-48)65(56-32-18-16-30-51(56)52-31-17-19-33-57(52)65)62-61(53)63(44-22-8-2-9-23-44)67(50-28-14-5-15-29-50)64(62)45-24-10-3-11-25-45/h1-42H. The third-order valence-electron chi connectivity index (χ3n) is 14.5. The van der Waals surface area contributed by atoms with Crippen LogP contribution in [0.1, 0.15) is 22.3 Å². The molecule has 2 heteroatoms. The molecular formula is C65H42N2. The molecule has 0 atom stereocenters. The van der Waals surface area contributed by atoms with Gasteiger partial charge < -0.3 is 9.13 Å². The zero-order chi connectivity index (χ0) is 44.1. The average Bonchev–Trinajstić information content (AvgIpc) is 4.11. The minimum absolute atomic E-state index is 0.610. The van der Waals surface area contributed by atoms with Gasteiger partial charge in [0.05, 0.1) is 27.8 Å². The quantitative estimate of drug-likeness (QED) is 0.158. The van der Waals surface area contributed by atoms with Crippen molar-refractivity contribution in [2.24, 2.45) is 0 Å². The van der Waals surface area contributed by atoms with E-state index in [1.54, 1.807) is 0 Å². The van der Waals surface area contributed by atoms with Crippen molar-refractivity contribution in [1.82, 2.24) is 9.13 Å². The number of rotatable bonds is 6. The molecule has 14 rings (SSSR count). The molecule has 67 heavy (non-hydrogen) atoms. The monoisotopic (exact) mass is 850 g/mol. The van der Waals surface area contributed by atoms with Crippen LogP contribution in [0.15, 0.2) is 255 Å². The Bertz CT molecular complexity index is 3830. The van der Waals surface area contributed by atoms with Crippen molar-refractivity contribution in [3.05, 3.63) is 277 Å². The number of benzene rings is 10. The van der Waals surface area contributed by atoms with E-state index in [9.17, 15) is 0 Å². The Morgan fingerprint density at radius 1 is 0.269 bits per heavy atom. The van der Waals surface area contributed by atoms with E-state index in [0.717, 1.165) is 11.4 Å². The van der Waals surface area contributed by atoms with E-state index < -0.39 is 5.41 Å². The van der Waals surface area contributed by atoms with Crippen LogP contribution < -0.4 is 0 Å². The molecule has 2 aromatic heterocycles. The highest BCUT2D eigenvalue weighted by Gasteiger charge is 2.55. The molecule has 2 nitrogen and oxygen atoms in total. The maximum absolute atomic E-state index is 2.55. The fraction of sp³-hybridized carbons (Fsp3) is 0.0154. The summed E-state index contributed by atoms with van der Waals surface area (Å²) in [5.74, 6) is 0. The van der Waals surface area contributed by atoms with Crippen LogP contribution in [0.5, 0.6) is 0 Å².